The predicted octanol–water partition coefficient (Wildman–Crippen LogP) is 3.37. The number of carbonyl (C=O) groups is 2. The Hall–Kier alpha value is -3.39. The average molecular weight is 382 g/mol. The zero-order valence-corrected chi connectivity index (χ0v) is 15.4. The first-order chi connectivity index (χ1) is 13.0. The largest absolute Gasteiger partial charge is 0.483 e. The average Bonchev–Trinajstić information content (AvgIpc) is 3.08. The van der Waals surface area contributed by atoms with Crippen molar-refractivity contribution in [3.8, 4) is 17.0 Å². The third-order valence-corrected chi connectivity index (χ3v) is 4.21. The number of para-hydroxylation sites is 1. The molecule has 1 heterocycles. The van der Waals surface area contributed by atoms with E-state index in [-0.39, 0.29) is 18.4 Å². The van der Waals surface area contributed by atoms with Crippen LogP contribution in [0.3, 0.4) is 0 Å². The van der Waals surface area contributed by atoms with Crippen molar-refractivity contribution in [2.24, 2.45) is 0 Å². The summed E-state index contributed by atoms with van der Waals surface area (Å²) in [5.41, 5.74) is 8.45. The van der Waals surface area contributed by atoms with E-state index in [2.05, 4.69) is 15.6 Å². The fourth-order valence-corrected chi connectivity index (χ4v) is 2.96. The monoisotopic (exact) mass is 382 g/mol. The minimum Gasteiger partial charge on any atom is -0.483 e. The molecule has 0 atom stereocenters. The van der Waals surface area contributed by atoms with Gasteiger partial charge in [-0.1, -0.05) is 12.1 Å². The quantitative estimate of drug-likeness (QED) is 0.606. The first kappa shape index (κ1) is 18.4. The van der Waals surface area contributed by atoms with Crippen LogP contribution in [0.1, 0.15) is 6.92 Å². The minimum atomic E-state index is -0.296. The van der Waals surface area contributed by atoms with Crippen molar-refractivity contribution in [2.45, 2.75) is 6.92 Å². The summed E-state index contributed by atoms with van der Waals surface area (Å²) in [5.74, 6) is 0.106. The van der Waals surface area contributed by atoms with Crippen LogP contribution in [0.15, 0.2) is 53.9 Å². The Morgan fingerprint density at radius 2 is 1.74 bits per heavy atom. The molecule has 2 aromatic carbocycles. The number of amides is 2. The molecule has 4 N–H and O–H groups in total. The normalized spacial score (nSPS) is 10.3. The van der Waals surface area contributed by atoms with Gasteiger partial charge in [0.25, 0.3) is 5.91 Å². The van der Waals surface area contributed by atoms with Crippen LogP contribution in [-0.4, -0.2) is 23.4 Å². The van der Waals surface area contributed by atoms with Crippen LogP contribution in [0.5, 0.6) is 5.75 Å². The number of ether oxygens (including phenoxy) is 1. The van der Waals surface area contributed by atoms with E-state index in [1.807, 2.05) is 23.6 Å². The Morgan fingerprint density at radius 1 is 1.07 bits per heavy atom. The second kappa shape index (κ2) is 8.33. The molecule has 0 unspecified atom stereocenters. The van der Waals surface area contributed by atoms with E-state index >= 15 is 0 Å². The Kier molecular flexibility index (Phi) is 5.68. The van der Waals surface area contributed by atoms with E-state index in [1.54, 1.807) is 30.3 Å². The molecule has 0 spiro atoms. The van der Waals surface area contributed by atoms with Gasteiger partial charge in [-0.25, -0.2) is 4.98 Å². The van der Waals surface area contributed by atoms with Crippen molar-refractivity contribution in [2.75, 3.05) is 23.0 Å². The number of nitrogen functional groups attached to an aromatic ring is 1. The molecular weight excluding hydrogens is 364 g/mol. The van der Waals surface area contributed by atoms with Gasteiger partial charge in [0, 0.05) is 29.2 Å². The molecule has 0 saturated heterocycles. The lowest BCUT2D eigenvalue weighted by Gasteiger charge is -2.11. The number of benzene rings is 2. The third-order valence-electron chi connectivity index (χ3n) is 3.53. The predicted molar refractivity (Wildman–Crippen MR) is 107 cm³/mol. The van der Waals surface area contributed by atoms with Crippen molar-refractivity contribution < 1.29 is 14.3 Å². The van der Waals surface area contributed by atoms with Crippen molar-refractivity contribution >= 4 is 39.7 Å². The van der Waals surface area contributed by atoms with Crippen LogP contribution in [0.2, 0.25) is 0 Å². The number of aromatic nitrogens is 1. The molecule has 1 aromatic heterocycles. The number of carbonyl (C=O) groups excluding carboxylic acids is 2. The smallest absolute Gasteiger partial charge is 0.262 e. The molecule has 138 valence electrons. The number of nitrogens with two attached hydrogens (primary N) is 1. The van der Waals surface area contributed by atoms with Gasteiger partial charge in [-0.3, -0.25) is 9.59 Å². The van der Waals surface area contributed by atoms with Crippen LogP contribution in [0.25, 0.3) is 11.3 Å². The van der Waals surface area contributed by atoms with Crippen LogP contribution >= 0.6 is 11.3 Å². The zero-order valence-electron chi connectivity index (χ0n) is 14.6. The molecule has 2 amide bonds. The molecule has 0 aliphatic heterocycles. The fraction of sp³-hybridized carbons (Fsp3) is 0.105. The van der Waals surface area contributed by atoms with Gasteiger partial charge >= 0.3 is 0 Å². The number of rotatable bonds is 6. The summed E-state index contributed by atoms with van der Waals surface area (Å²) in [6.45, 7) is 1.29. The standard InChI is InChI=1S/C19H18N4O3S/c1-12(24)21-13-6-8-14(9-7-13)22-18(25)10-26-17-5-3-2-4-15(17)16-11-27-19(20)23-16/h2-9,11H,10H2,1H3,(H2,20,23)(H,21,24)(H,22,25). The van der Waals surface area contributed by atoms with Crippen molar-refractivity contribution in [3.05, 3.63) is 53.9 Å². The van der Waals surface area contributed by atoms with Gasteiger partial charge < -0.3 is 21.1 Å². The molecule has 3 rings (SSSR count). The van der Waals surface area contributed by atoms with Gasteiger partial charge in [0.15, 0.2) is 11.7 Å². The number of hydrogen-bond acceptors (Lipinski definition) is 6. The highest BCUT2D eigenvalue weighted by Crippen LogP contribution is 2.31. The molecule has 0 radical (unpaired) electrons. The van der Waals surface area contributed by atoms with E-state index in [9.17, 15) is 9.59 Å². The van der Waals surface area contributed by atoms with Gasteiger partial charge in [0.2, 0.25) is 5.91 Å². The molecule has 0 fully saturated rings. The van der Waals surface area contributed by atoms with Gasteiger partial charge in [-0.05, 0) is 36.4 Å². The third kappa shape index (κ3) is 5.05. The SMILES string of the molecule is CC(=O)Nc1ccc(NC(=O)COc2ccccc2-c2csc(N)n2)cc1. The summed E-state index contributed by atoms with van der Waals surface area (Å²) in [6, 6.07) is 14.2. The first-order valence-corrected chi connectivity index (χ1v) is 9.00. The van der Waals surface area contributed by atoms with Crippen molar-refractivity contribution in [1.82, 2.24) is 4.98 Å². The number of anilines is 3. The van der Waals surface area contributed by atoms with Crippen LogP contribution in [0, 0.1) is 0 Å². The van der Waals surface area contributed by atoms with E-state index in [1.165, 1.54) is 18.3 Å². The second-order valence-electron chi connectivity index (χ2n) is 5.66. The van der Waals surface area contributed by atoms with Crippen LogP contribution in [-0.2, 0) is 9.59 Å². The molecule has 7 nitrogen and oxygen atoms in total. The lowest BCUT2D eigenvalue weighted by atomic mass is 10.1. The highest BCUT2D eigenvalue weighted by molar-refractivity contribution is 7.13. The molecule has 8 heteroatoms. The topological polar surface area (TPSA) is 106 Å². The van der Waals surface area contributed by atoms with Gasteiger partial charge in [0.05, 0.1) is 5.69 Å². The lowest BCUT2D eigenvalue weighted by Crippen LogP contribution is -2.20. The van der Waals surface area contributed by atoms with E-state index in [0.717, 1.165) is 5.56 Å². The molecule has 0 aliphatic carbocycles. The summed E-state index contributed by atoms with van der Waals surface area (Å²) >= 11 is 1.34. The molecule has 0 bridgehead atoms. The molecule has 3 aromatic rings. The van der Waals surface area contributed by atoms with Crippen LogP contribution in [0.4, 0.5) is 16.5 Å². The Balaban J connectivity index is 1.60. The summed E-state index contributed by atoms with van der Waals surface area (Å²) in [5, 5.41) is 7.72. The van der Waals surface area contributed by atoms with Crippen LogP contribution < -0.4 is 21.1 Å². The summed E-state index contributed by atoms with van der Waals surface area (Å²) < 4.78 is 5.67. The van der Waals surface area contributed by atoms with E-state index in [0.29, 0.717) is 27.9 Å². The van der Waals surface area contributed by atoms with E-state index in [4.69, 9.17) is 10.5 Å². The van der Waals surface area contributed by atoms with E-state index < -0.39 is 0 Å². The maximum absolute atomic E-state index is 12.2. The Bertz CT molecular complexity index is 954. The summed E-state index contributed by atoms with van der Waals surface area (Å²) in [4.78, 5) is 27.4. The van der Waals surface area contributed by atoms with Gasteiger partial charge in [-0.15, -0.1) is 11.3 Å². The molecule has 27 heavy (non-hydrogen) atoms. The Morgan fingerprint density at radius 3 is 2.37 bits per heavy atom. The number of nitrogens with zero attached hydrogens (tertiary/aromatic N) is 1. The summed E-state index contributed by atoms with van der Waals surface area (Å²) in [7, 11) is 0. The van der Waals surface area contributed by atoms with Crippen molar-refractivity contribution in [1.29, 1.82) is 0 Å². The molecular formula is C19H18N4O3S. The summed E-state index contributed by atoms with van der Waals surface area (Å²) in [6.07, 6.45) is 0. The molecule has 0 aliphatic rings. The number of hydrogen-bond donors (Lipinski definition) is 3. The highest BCUT2D eigenvalue weighted by Gasteiger charge is 2.11. The molecule has 0 saturated carbocycles. The van der Waals surface area contributed by atoms with Gasteiger partial charge in [-0.2, -0.15) is 0 Å². The fourth-order valence-electron chi connectivity index (χ4n) is 2.40. The number of thiazole rings is 1. The Labute approximate surface area is 160 Å². The first-order valence-electron chi connectivity index (χ1n) is 8.12. The highest BCUT2D eigenvalue weighted by atomic mass is 32.1. The van der Waals surface area contributed by atoms with Gasteiger partial charge in [0.1, 0.15) is 5.75 Å². The number of nitrogens with one attached hydrogen (secondary N) is 2. The maximum atomic E-state index is 12.2. The lowest BCUT2D eigenvalue weighted by molar-refractivity contribution is -0.118. The maximum Gasteiger partial charge on any atom is 0.262 e. The second-order valence-corrected chi connectivity index (χ2v) is 6.55. The zero-order chi connectivity index (χ0) is 19.2. The minimum absolute atomic E-state index is 0.149. The van der Waals surface area contributed by atoms with Crippen molar-refractivity contribution in [3.63, 3.8) is 0 Å².